The lowest BCUT2D eigenvalue weighted by Gasteiger charge is -2.14. The Balaban J connectivity index is 1.62. The fraction of sp³-hybridized carbons (Fsp3) is 0.125. The van der Waals surface area contributed by atoms with Crippen LogP contribution in [0.2, 0.25) is 0 Å². The van der Waals surface area contributed by atoms with Crippen molar-refractivity contribution < 1.29 is 9.47 Å². The van der Waals surface area contributed by atoms with E-state index in [4.69, 9.17) is 9.47 Å². The molecule has 0 N–H and O–H groups in total. The smallest absolute Gasteiger partial charge is 0.163 e. The molecule has 0 atom stereocenters. The van der Waals surface area contributed by atoms with E-state index >= 15 is 0 Å². The van der Waals surface area contributed by atoms with Gasteiger partial charge in [-0.2, -0.15) is 0 Å². The van der Waals surface area contributed by atoms with Crippen molar-refractivity contribution in [2.24, 2.45) is 0 Å². The summed E-state index contributed by atoms with van der Waals surface area (Å²) < 4.78 is 12.2. The lowest BCUT2D eigenvalue weighted by atomic mass is 10.1. The number of ether oxygens (including phenoxy) is 2. The molecule has 0 amide bonds. The van der Waals surface area contributed by atoms with E-state index in [0.717, 1.165) is 33.5 Å². The lowest BCUT2D eigenvalue weighted by Crippen LogP contribution is -2.01. The van der Waals surface area contributed by atoms with Crippen LogP contribution in [-0.2, 0) is 13.2 Å². The van der Waals surface area contributed by atoms with Crippen LogP contribution in [0.4, 0.5) is 0 Å². The molecule has 0 unspecified atom stereocenters. The number of pyridine rings is 1. The van der Waals surface area contributed by atoms with Crippen molar-refractivity contribution in [1.82, 2.24) is 4.98 Å². The molecule has 0 fully saturated rings. The van der Waals surface area contributed by atoms with Crippen LogP contribution in [0.1, 0.15) is 16.8 Å². The van der Waals surface area contributed by atoms with Gasteiger partial charge < -0.3 is 9.47 Å². The summed E-state index contributed by atoms with van der Waals surface area (Å²) in [4.78, 5) is 4.62. The minimum Gasteiger partial charge on any atom is -0.485 e. The monoisotopic (exact) mass is 355 g/mol. The number of hydrogen-bond acceptors (Lipinski definition) is 3. The maximum Gasteiger partial charge on any atom is 0.163 e. The van der Waals surface area contributed by atoms with Gasteiger partial charge in [0, 0.05) is 17.1 Å². The van der Waals surface area contributed by atoms with Gasteiger partial charge in [-0.3, -0.25) is 4.98 Å². The van der Waals surface area contributed by atoms with E-state index in [-0.39, 0.29) is 0 Å². The number of fused-ring (bicyclic) bond motifs is 1. The molecule has 0 bridgehead atoms. The minimum atomic E-state index is 0.486. The molecular weight excluding hydrogens is 334 g/mol. The molecule has 0 saturated carbocycles. The van der Waals surface area contributed by atoms with Crippen molar-refractivity contribution >= 4 is 10.9 Å². The predicted octanol–water partition coefficient (Wildman–Crippen LogP) is 5.70. The van der Waals surface area contributed by atoms with Gasteiger partial charge in [0.1, 0.15) is 13.2 Å². The van der Waals surface area contributed by atoms with Crippen molar-refractivity contribution in [3.8, 4) is 11.5 Å². The Morgan fingerprint density at radius 2 is 1.22 bits per heavy atom. The molecule has 1 heterocycles. The number of hydrogen-bond donors (Lipinski definition) is 0. The Labute approximate surface area is 159 Å². The Bertz CT molecular complexity index is 1030. The van der Waals surface area contributed by atoms with Gasteiger partial charge in [-0.25, -0.2) is 0 Å². The molecule has 3 heteroatoms. The third-order valence-corrected chi connectivity index (χ3v) is 4.37. The quantitative estimate of drug-likeness (QED) is 0.444. The molecule has 0 aliphatic carbocycles. The molecule has 3 nitrogen and oxygen atoms in total. The number of aromatic nitrogens is 1. The third kappa shape index (κ3) is 4.26. The van der Waals surface area contributed by atoms with Crippen LogP contribution in [0, 0.1) is 6.92 Å². The Kier molecular flexibility index (Phi) is 5.01. The van der Waals surface area contributed by atoms with Crippen molar-refractivity contribution in [2.45, 2.75) is 20.1 Å². The first-order chi connectivity index (χ1) is 13.3. The minimum absolute atomic E-state index is 0.486. The van der Waals surface area contributed by atoms with E-state index < -0.39 is 0 Å². The Morgan fingerprint density at radius 3 is 1.81 bits per heavy atom. The van der Waals surface area contributed by atoms with E-state index in [9.17, 15) is 0 Å². The normalized spacial score (nSPS) is 10.7. The van der Waals surface area contributed by atoms with E-state index in [2.05, 4.69) is 23.2 Å². The Morgan fingerprint density at radius 1 is 0.667 bits per heavy atom. The number of rotatable bonds is 6. The molecule has 0 aliphatic rings. The average molecular weight is 355 g/mol. The average Bonchev–Trinajstić information content (AvgIpc) is 2.72. The molecule has 3 aromatic carbocycles. The summed E-state index contributed by atoms with van der Waals surface area (Å²) >= 11 is 0. The van der Waals surface area contributed by atoms with Gasteiger partial charge in [-0.1, -0.05) is 66.7 Å². The van der Waals surface area contributed by atoms with Crippen molar-refractivity contribution in [3.05, 3.63) is 102 Å². The van der Waals surface area contributed by atoms with Crippen LogP contribution < -0.4 is 9.47 Å². The number of nitrogens with zero attached hydrogens (tertiary/aromatic N) is 1. The lowest BCUT2D eigenvalue weighted by molar-refractivity contribution is 0.256. The molecule has 0 saturated heterocycles. The van der Waals surface area contributed by atoms with Gasteiger partial charge in [0.05, 0.1) is 5.52 Å². The second-order valence-electron chi connectivity index (χ2n) is 6.49. The molecule has 0 radical (unpaired) electrons. The molecule has 134 valence electrons. The zero-order chi connectivity index (χ0) is 18.5. The molecule has 1 aromatic heterocycles. The summed E-state index contributed by atoms with van der Waals surface area (Å²) in [5, 5.41) is 1.04. The van der Waals surface area contributed by atoms with Crippen molar-refractivity contribution in [2.75, 3.05) is 0 Å². The van der Waals surface area contributed by atoms with Crippen LogP contribution in [0.25, 0.3) is 10.9 Å². The van der Waals surface area contributed by atoms with E-state index in [1.807, 2.05) is 73.7 Å². The topological polar surface area (TPSA) is 31.4 Å². The fourth-order valence-electron chi connectivity index (χ4n) is 2.93. The van der Waals surface area contributed by atoms with Crippen molar-refractivity contribution in [1.29, 1.82) is 0 Å². The first-order valence-corrected chi connectivity index (χ1v) is 9.03. The summed E-state index contributed by atoms with van der Waals surface area (Å²) in [5.74, 6) is 1.44. The molecule has 4 aromatic rings. The van der Waals surface area contributed by atoms with Gasteiger partial charge >= 0.3 is 0 Å². The highest BCUT2D eigenvalue weighted by atomic mass is 16.5. The highest BCUT2D eigenvalue weighted by molar-refractivity contribution is 5.82. The highest BCUT2D eigenvalue weighted by Crippen LogP contribution is 2.33. The maximum absolute atomic E-state index is 6.10. The SMILES string of the molecule is Cc1ccc2cc(OCc3ccccc3)c(OCc3ccccc3)cc2n1. The van der Waals surface area contributed by atoms with Crippen LogP contribution >= 0.6 is 0 Å². The van der Waals surface area contributed by atoms with Crippen LogP contribution in [-0.4, -0.2) is 4.98 Å². The van der Waals surface area contributed by atoms with Gasteiger partial charge in [-0.15, -0.1) is 0 Å². The number of benzene rings is 3. The van der Waals surface area contributed by atoms with E-state index in [1.165, 1.54) is 0 Å². The van der Waals surface area contributed by atoms with Crippen LogP contribution in [0.15, 0.2) is 84.9 Å². The third-order valence-electron chi connectivity index (χ3n) is 4.37. The second kappa shape index (κ2) is 7.92. The second-order valence-corrected chi connectivity index (χ2v) is 6.49. The van der Waals surface area contributed by atoms with Crippen LogP contribution in [0.3, 0.4) is 0 Å². The van der Waals surface area contributed by atoms with Gasteiger partial charge in [0.25, 0.3) is 0 Å². The molecule has 0 aliphatic heterocycles. The number of aryl methyl sites for hydroxylation is 1. The first-order valence-electron chi connectivity index (χ1n) is 9.03. The summed E-state index contributed by atoms with van der Waals surface area (Å²) in [6, 6.07) is 28.3. The molecule has 4 rings (SSSR count). The van der Waals surface area contributed by atoms with Gasteiger partial charge in [-0.05, 0) is 30.2 Å². The zero-order valence-corrected chi connectivity index (χ0v) is 15.3. The summed E-state index contributed by atoms with van der Waals surface area (Å²) in [7, 11) is 0. The molecule has 27 heavy (non-hydrogen) atoms. The maximum atomic E-state index is 6.10. The van der Waals surface area contributed by atoms with Crippen LogP contribution in [0.5, 0.6) is 11.5 Å². The van der Waals surface area contributed by atoms with E-state index in [1.54, 1.807) is 0 Å². The predicted molar refractivity (Wildman–Crippen MR) is 108 cm³/mol. The standard InChI is InChI=1S/C24H21NO2/c1-18-12-13-21-14-23(26-16-19-8-4-2-5-9-19)24(15-22(21)25-18)27-17-20-10-6-3-7-11-20/h2-15H,16-17H2,1H3. The fourth-order valence-corrected chi connectivity index (χ4v) is 2.93. The highest BCUT2D eigenvalue weighted by Gasteiger charge is 2.10. The van der Waals surface area contributed by atoms with Gasteiger partial charge in [0.15, 0.2) is 11.5 Å². The molecule has 0 spiro atoms. The first kappa shape index (κ1) is 17.1. The van der Waals surface area contributed by atoms with Crippen molar-refractivity contribution in [3.63, 3.8) is 0 Å². The largest absolute Gasteiger partial charge is 0.485 e. The summed E-state index contributed by atoms with van der Waals surface area (Å²) in [5.41, 5.74) is 4.12. The Hall–Kier alpha value is -3.33. The van der Waals surface area contributed by atoms with Gasteiger partial charge in [0.2, 0.25) is 0 Å². The summed E-state index contributed by atoms with van der Waals surface area (Å²) in [6.07, 6.45) is 0. The summed E-state index contributed by atoms with van der Waals surface area (Å²) in [6.45, 7) is 2.97. The van der Waals surface area contributed by atoms with E-state index in [0.29, 0.717) is 19.0 Å². The zero-order valence-electron chi connectivity index (χ0n) is 15.3. The molecular formula is C24H21NO2.